The summed E-state index contributed by atoms with van der Waals surface area (Å²) >= 11 is 14.0. The number of allylic oxidation sites excluding steroid dienone is 2. The van der Waals surface area contributed by atoms with Crippen LogP contribution in [0.4, 0.5) is 50.4 Å². The zero-order valence-electron chi connectivity index (χ0n) is 27.8. The number of anilines is 3. The molecule has 6 atom stereocenters. The summed E-state index contributed by atoms with van der Waals surface area (Å²) in [6.45, 7) is -0.711. The highest BCUT2D eigenvalue weighted by Gasteiger charge is 2.77. The highest BCUT2D eigenvalue weighted by atomic mass is 35.5. The highest BCUT2D eigenvalue weighted by molar-refractivity contribution is 6.58. The Balaban J connectivity index is 1.40. The van der Waals surface area contributed by atoms with Gasteiger partial charge in [0.1, 0.15) is 23.8 Å². The number of amides is 4. The normalized spacial score (nSPS) is 27.3. The van der Waals surface area contributed by atoms with E-state index < -0.39 is 137 Å². The first-order valence-corrected chi connectivity index (χ1v) is 16.7. The first kappa shape index (κ1) is 37.8. The van der Waals surface area contributed by atoms with Gasteiger partial charge in [0.05, 0.1) is 33.3 Å². The van der Waals surface area contributed by atoms with E-state index in [0.29, 0.717) is 4.90 Å². The Morgan fingerprint density at radius 2 is 1.44 bits per heavy atom. The lowest BCUT2D eigenvalue weighted by Gasteiger charge is -2.49. The summed E-state index contributed by atoms with van der Waals surface area (Å²) in [5, 5.41) is 33.8. The van der Waals surface area contributed by atoms with Crippen LogP contribution >= 0.6 is 23.2 Å². The van der Waals surface area contributed by atoms with Gasteiger partial charge in [-0.05, 0) is 30.9 Å². The van der Waals surface area contributed by atoms with E-state index in [1.54, 1.807) is 0 Å². The van der Waals surface area contributed by atoms with Crippen molar-refractivity contribution in [2.75, 3.05) is 28.8 Å². The summed E-state index contributed by atoms with van der Waals surface area (Å²) in [5.74, 6) is -24.6. The third-order valence-electron chi connectivity index (χ3n) is 10.5. The number of nitro groups is 2. The van der Waals surface area contributed by atoms with E-state index in [2.05, 4.69) is 0 Å². The minimum absolute atomic E-state index is 0.0229. The van der Waals surface area contributed by atoms with Crippen LogP contribution in [0.15, 0.2) is 40.3 Å². The van der Waals surface area contributed by atoms with Crippen molar-refractivity contribution in [2.24, 2.45) is 17.8 Å². The third-order valence-corrected chi connectivity index (χ3v) is 11.9. The molecule has 15 nitrogen and oxygen atoms in total. The average Bonchev–Trinajstić information content (AvgIpc) is 3.75. The summed E-state index contributed by atoms with van der Waals surface area (Å²) in [5.41, 5.74) is -4.59. The largest absolute Gasteiger partial charge is 0.463 e. The van der Waals surface area contributed by atoms with Crippen LogP contribution in [0, 0.1) is 67.1 Å². The van der Waals surface area contributed by atoms with E-state index in [-0.39, 0.29) is 28.4 Å². The van der Waals surface area contributed by atoms with Gasteiger partial charge in [0.25, 0.3) is 11.8 Å². The number of alkyl halides is 2. The summed E-state index contributed by atoms with van der Waals surface area (Å²) in [6, 6.07) is 4.01. The lowest BCUT2D eigenvalue weighted by molar-refractivity contribution is -0.392. The van der Waals surface area contributed by atoms with Gasteiger partial charge in [0, 0.05) is 26.2 Å². The van der Waals surface area contributed by atoms with Crippen LogP contribution in [-0.4, -0.2) is 62.4 Å². The Morgan fingerprint density at radius 3 is 1.95 bits per heavy atom. The Kier molecular flexibility index (Phi) is 8.62. The van der Waals surface area contributed by atoms with Crippen LogP contribution in [0.1, 0.15) is 30.3 Å². The number of aliphatic hydroxyl groups is 1. The van der Waals surface area contributed by atoms with Gasteiger partial charge in [-0.2, -0.15) is 0 Å². The Bertz CT molecular complexity index is 2290. The molecule has 22 heteroatoms. The zero-order valence-corrected chi connectivity index (χ0v) is 29.3. The molecule has 6 unspecified atom stereocenters. The van der Waals surface area contributed by atoms with E-state index in [4.69, 9.17) is 27.6 Å². The average molecular weight is 814 g/mol. The fourth-order valence-electron chi connectivity index (χ4n) is 8.22. The topological polar surface area (TPSA) is 198 Å². The summed E-state index contributed by atoms with van der Waals surface area (Å²) in [7, 11) is 2.59. The number of aliphatic hydroxyl groups excluding tert-OH is 1. The second-order valence-corrected chi connectivity index (χ2v) is 14.6. The molecule has 288 valence electrons. The van der Waals surface area contributed by atoms with Crippen molar-refractivity contribution in [2.45, 2.75) is 35.1 Å². The fraction of sp³-hybridized carbons (Fsp3) is 0.333. The number of hydrogen-bond acceptors (Lipinski definition) is 11. The number of benzene rings is 2. The molecule has 7 rings (SSSR count). The zero-order chi connectivity index (χ0) is 40.4. The van der Waals surface area contributed by atoms with E-state index in [0.717, 1.165) is 17.0 Å². The second-order valence-electron chi connectivity index (χ2n) is 13.4. The predicted molar refractivity (Wildman–Crippen MR) is 178 cm³/mol. The quantitative estimate of drug-likeness (QED) is 0.0486. The Labute approximate surface area is 313 Å². The van der Waals surface area contributed by atoms with E-state index in [9.17, 15) is 57.7 Å². The van der Waals surface area contributed by atoms with Gasteiger partial charge in [-0.25, -0.2) is 31.8 Å². The van der Waals surface area contributed by atoms with Crippen molar-refractivity contribution in [3.05, 3.63) is 96.7 Å². The Morgan fingerprint density at radius 1 is 0.873 bits per heavy atom. The molecule has 0 radical (unpaired) electrons. The van der Waals surface area contributed by atoms with E-state index >= 15 is 8.78 Å². The monoisotopic (exact) mass is 813 g/mol. The molecule has 3 heterocycles. The number of rotatable bonds is 7. The molecule has 3 aromatic rings. The number of fused-ring (bicyclic) bond motifs is 4. The van der Waals surface area contributed by atoms with Crippen molar-refractivity contribution >= 4 is 75.3 Å². The molecule has 4 amide bonds. The number of imide groups is 2. The van der Waals surface area contributed by atoms with Crippen LogP contribution in [0.3, 0.4) is 0 Å². The highest BCUT2D eigenvalue weighted by Crippen LogP contribution is 2.66. The number of hydrogen-bond donors (Lipinski definition) is 1. The molecule has 1 saturated carbocycles. The van der Waals surface area contributed by atoms with Gasteiger partial charge < -0.3 is 14.4 Å². The second kappa shape index (κ2) is 12.5. The maximum Gasteiger partial charge on any atom is 0.301 e. The van der Waals surface area contributed by atoms with Gasteiger partial charge in [-0.1, -0.05) is 11.6 Å². The van der Waals surface area contributed by atoms with Crippen LogP contribution < -0.4 is 14.7 Å². The number of halogens is 7. The van der Waals surface area contributed by atoms with Gasteiger partial charge in [0.15, 0.2) is 38.7 Å². The first-order chi connectivity index (χ1) is 25.7. The number of carbonyl (C=O) groups is 4. The number of furan rings is 1. The van der Waals surface area contributed by atoms with Gasteiger partial charge in [-0.15, -0.1) is 23.2 Å². The minimum atomic E-state index is -2.87. The fourth-order valence-corrected chi connectivity index (χ4v) is 9.14. The van der Waals surface area contributed by atoms with Crippen LogP contribution in [0.5, 0.6) is 0 Å². The molecule has 55 heavy (non-hydrogen) atoms. The summed E-state index contributed by atoms with van der Waals surface area (Å²) in [6.07, 6.45) is 0.206. The van der Waals surface area contributed by atoms with Crippen LogP contribution in [-0.2, 0) is 25.8 Å². The molecule has 3 fully saturated rings. The van der Waals surface area contributed by atoms with Gasteiger partial charge in [-0.3, -0.25) is 39.4 Å². The van der Waals surface area contributed by atoms with Crippen molar-refractivity contribution in [1.29, 1.82) is 0 Å². The maximum atomic E-state index is 15.2. The van der Waals surface area contributed by atoms with Crippen LogP contribution in [0.25, 0.3) is 0 Å². The lowest BCUT2D eigenvalue weighted by atomic mass is 9.57. The molecule has 2 aliphatic heterocycles. The van der Waals surface area contributed by atoms with Crippen molar-refractivity contribution in [1.82, 2.24) is 0 Å². The van der Waals surface area contributed by atoms with Crippen molar-refractivity contribution in [3.8, 4) is 0 Å². The maximum absolute atomic E-state index is 15.2. The van der Waals surface area contributed by atoms with Crippen molar-refractivity contribution in [3.63, 3.8) is 0 Å². The minimum Gasteiger partial charge on any atom is -0.463 e. The molecule has 1 aromatic heterocycles. The molecule has 2 aromatic carbocycles. The third kappa shape index (κ3) is 4.89. The molecular weight excluding hydrogens is 792 g/mol. The molecular formula is C33H22Cl2F5N5O10. The van der Waals surface area contributed by atoms with Crippen LogP contribution in [0.2, 0.25) is 0 Å². The predicted octanol–water partition coefficient (Wildman–Crippen LogP) is 5.12. The standard InChI is InChI=1S/C33H22Cl2F5N5O10/c1-41(2)26-16(44(51)52)7-11(8-17(26)45(53)54)42-28(47)14-5-4-13-15(19(14)29(42)48)9-32(34)30(49)43(27-24(39)22(37)21(36)23(38)25(27)40)31(50)33(32,35)20(13)18-6-3-12(10-46)55-18/h3-4,6-8,14-15,19-20,46H,5,9-10H2,1-2H3. The number of carbonyl (C=O) groups excluding carboxylic acids is 4. The molecule has 0 bridgehead atoms. The Hall–Kier alpha value is -5.47. The summed E-state index contributed by atoms with van der Waals surface area (Å²) in [4.78, 5) is 74.7. The molecule has 0 spiro atoms. The number of nitro benzene ring substituents is 2. The van der Waals surface area contributed by atoms with E-state index in [1.807, 2.05) is 0 Å². The van der Waals surface area contributed by atoms with E-state index in [1.165, 1.54) is 32.3 Å². The van der Waals surface area contributed by atoms with Gasteiger partial charge in [0.2, 0.25) is 17.6 Å². The lowest BCUT2D eigenvalue weighted by Crippen LogP contribution is -2.60. The molecule has 2 saturated heterocycles. The SMILES string of the molecule is CN(C)c1c([N+](=O)[O-])cc(N2C(=O)C3CC=C4C(CC5(Cl)C(=O)N(c6c(F)c(F)c(F)c(F)c6F)C(=O)C5(Cl)C4c4ccc(CO)o4)C3C2=O)cc1[N+](=O)[O-]. The molecule has 2 aliphatic carbocycles. The summed E-state index contributed by atoms with van der Waals surface area (Å²) < 4.78 is 79.0. The first-order valence-electron chi connectivity index (χ1n) is 15.9. The smallest absolute Gasteiger partial charge is 0.301 e. The van der Waals surface area contributed by atoms with Gasteiger partial charge >= 0.3 is 11.4 Å². The molecule has 4 aliphatic rings. The number of nitrogens with zero attached hydrogens (tertiary/aromatic N) is 5. The molecule has 1 N–H and O–H groups in total. The van der Waals surface area contributed by atoms with Crippen molar-refractivity contribution < 1.29 is 60.5 Å².